The molecule has 0 aromatic carbocycles. The zero-order valence-corrected chi connectivity index (χ0v) is 11.8. The van der Waals surface area contributed by atoms with Crippen LogP contribution in [0.4, 0.5) is 0 Å². The van der Waals surface area contributed by atoms with Gasteiger partial charge in [0, 0.05) is 24.8 Å². The van der Waals surface area contributed by atoms with Gasteiger partial charge in [-0.25, -0.2) is 4.98 Å². The fourth-order valence-corrected chi connectivity index (χ4v) is 1.39. The number of ether oxygens (including phenoxy) is 2. The van der Waals surface area contributed by atoms with Gasteiger partial charge in [0.15, 0.2) is 0 Å². The van der Waals surface area contributed by atoms with Crippen LogP contribution >= 0.6 is 0 Å². The minimum Gasteiger partial charge on any atom is -0.475 e. The van der Waals surface area contributed by atoms with E-state index in [1.807, 2.05) is 26.0 Å². The molecular formula is C14H24N2O2. The molecule has 0 spiro atoms. The predicted octanol–water partition coefficient (Wildman–Crippen LogP) is 2.38. The van der Waals surface area contributed by atoms with Gasteiger partial charge in [-0.15, -0.1) is 0 Å². The van der Waals surface area contributed by atoms with E-state index in [4.69, 9.17) is 9.47 Å². The molecule has 0 amide bonds. The van der Waals surface area contributed by atoms with Gasteiger partial charge >= 0.3 is 0 Å². The molecule has 4 heteroatoms. The molecule has 0 saturated carbocycles. The van der Waals surface area contributed by atoms with Crippen LogP contribution in [0.2, 0.25) is 0 Å². The summed E-state index contributed by atoms with van der Waals surface area (Å²) in [5, 5.41) is 3.36. The molecular weight excluding hydrogens is 228 g/mol. The molecule has 1 rings (SSSR count). The minimum absolute atomic E-state index is 0.239. The lowest BCUT2D eigenvalue weighted by atomic mass is 10.2. The molecule has 0 aliphatic rings. The smallest absolute Gasteiger partial charge is 0.213 e. The van der Waals surface area contributed by atoms with Crippen molar-refractivity contribution in [3.63, 3.8) is 0 Å². The molecule has 0 radical (unpaired) electrons. The Morgan fingerprint density at radius 2 is 2.00 bits per heavy atom. The summed E-state index contributed by atoms with van der Waals surface area (Å²) >= 11 is 0. The summed E-state index contributed by atoms with van der Waals surface area (Å²) in [4.78, 5) is 4.18. The second-order valence-electron chi connectivity index (χ2n) is 4.81. The van der Waals surface area contributed by atoms with Crippen LogP contribution in [0.3, 0.4) is 0 Å². The van der Waals surface area contributed by atoms with E-state index in [2.05, 4.69) is 24.1 Å². The van der Waals surface area contributed by atoms with Crippen LogP contribution in [0.1, 0.15) is 33.3 Å². The van der Waals surface area contributed by atoms with E-state index in [9.17, 15) is 0 Å². The largest absolute Gasteiger partial charge is 0.475 e. The molecule has 0 aliphatic carbocycles. The van der Waals surface area contributed by atoms with Crippen molar-refractivity contribution in [1.29, 1.82) is 0 Å². The van der Waals surface area contributed by atoms with Crippen LogP contribution in [0, 0.1) is 0 Å². The maximum Gasteiger partial charge on any atom is 0.213 e. The van der Waals surface area contributed by atoms with Crippen LogP contribution in [0.25, 0.3) is 0 Å². The van der Waals surface area contributed by atoms with E-state index in [1.54, 1.807) is 6.20 Å². The second kappa shape index (κ2) is 8.06. The third-order valence-electron chi connectivity index (χ3n) is 2.30. The molecule has 0 atom stereocenters. The Kier molecular flexibility index (Phi) is 6.68. The molecule has 0 aliphatic heterocycles. The lowest BCUT2D eigenvalue weighted by molar-refractivity contribution is 0.0542. The van der Waals surface area contributed by atoms with Crippen molar-refractivity contribution >= 4 is 0 Å². The summed E-state index contributed by atoms with van der Waals surface area (Å²) < 4.78 is 10.9. The highest BCUT2D eigenvalue weighted by atomic mass is 16.5. The van der Waals surface area contributed by atoms with Gasteiger partial charge in [0.1, 0.15) is 6.61 Å². The molecule has 0 fully saturated rings. The molecule has 0 saturated heterocycles. The van der Waals surface area contributed by atoms with Gasteiger partial charge in [0.2, 0.25) is 5.88 Å². The quantitative estimate of drug-likeness (QED) is 0.721. The highest BCUT2D eigenvalue weighted by Gasteiger charge is 2.00. The third-order valence-corrected chi connectivity index (χ3v) is 2.30. The molecule has 18 heavy (non-hydrogen) atoms. The zero-order valence-electron chi connectivity index (χ0n) is 11.8. The van der Waals surface area contributed by atoms with Gasteiger partial charge in [0.25, 0.3) is 0 Å². The molecule has 102 valence electrons. The summed E-state index contributed by atoms with van der Waals surface area (Å²) in [7, 11) is 0. The number of hydrogen-bond acceptors (Lipinski definition) is 4. The highest BCUT2D eigenvalue weighted by Crippen LogP contribution is 2.09. The first-order valence-electron chi connectivity index (χ1n) is 6.50. The zero-order chi connectivity index (χ0) is 13.4. The van der Waals surface area contributed by atoms with E-state index in [0.717, 1.165) is 6.54 Å². The van der Waals surface area contributed by atoms with Gasteiger partial charge < -0.3 is 14.8 Å². The van der Waals surface area contributed by atoms with Gasteiger partial charge in [0.05, 0.1) is 12.7 Å². The topological polar surface area (TPSA) is 43.4 Å². The van der Waals surface area contributed by atoms with Crippen molar-refractivity contribution in [1.82, 2.24) is 10.3 Å². The van der Waals surface area contributed by atoms with Crippen molar-refractivity contribution in [3.05, 3.63) is 23.9 Å². The molecule has 0 bridgehead atoms. The first-order chi connectivity index (χ1) is 8.58. The summed E-state index contributed by atoms with van der Waals surface area (Å²) in [6, 6.07) is 4.43. The molecule has 1 aromatic rings. The Bertz CT molecular complexity index is 340. The van der Waals surface area contributed by atoms with Crippen LogP contribution in [-0.2, 0) is 11.3 Å². The Balaban J connectivity index is 2.34. The molecule has 1 aromatic heterocycles. The maximum atomic E-state index is 5.54. The predicted molar refractivity (Wildman–Crippen MR) is 72.8 cm³/mol. The molecule has 1 heterocycles. The van der Waals surface area contributed by atoms with Crippen LogP contribution in [0.5, 0.6) is 5.88 Å². The van der Waals surface area contributed by atoms with E-state index in [0.29, 0.717) is 25.1 Å². The van der Waals surface area contributed by atoms with Crippen LogP contribution < -0.4 is 10.1 Å². The second-order valence-corrected chi connectivity index (χ2v) is 4.81. The SMILES string of the molecule is CC(C)NCc1ccnc(OCCOC(C)C)c1. The fraction of sp³-hybridized carbons (Fsp3) is 0.643. The summed E-state index contributed by atoms with van der Waals surface area (Å²) in [5.74, 6) is 0.658. The van der Waals surface area contributed by atoms with E-state index >= 15 is 0 Å². The van der Waals surface area contributed by atoms with Crippen molar-refractivity contribution < 1.29 is 9.47 Å². The standard InChI is InChI=1S/C14H24N2O2/c1-11(2)16-10-13-5-6-15-14(9-13)18-8-7-17-12(3)4/h5-6,9,11-12,16H,7-8,10H2,1-4H3. The average molecular weight is 252 g/mol. The van der Waals surface area contributed by atoms with E-state index in [-0.39, 0.29) is 6.10 Å². The molecule has 4 nitrogen and oxygen atoms in total. The molecule has 0 unspecified atom stereocenters. The average Bonchev–Trinajstić information content (AvgIpc) is 2.32. The van der Waals surface area contributed by atoms with Gasteiger partial charge in [-0.3, -0.25) is 0 Å². The minimum atomic E-state index is 0.239. The first-order valence-corrected chi connectivity index (χ1v) is 6.50. The Morgan fingerprint density at radius 1 is 1.22 bits per heavy atom. The van der Waals surface area contributed by atoms with Crippen LogP contribution in [0.15, 0.2) is 18.3 Å². The summed E-state index contributed by atoms with van der Waals surface area (Å²) in [6.45, 7) is 10.2. The van der Waals surface area contributed by atoms with Gasteiger partial charge in [-0.1, -0.05) is 13.8 Å². The number of hydrogen-bond donors (Lipinski definition) is 1. The lowest BCUT2D eigenvalue weighted by Gasteiger charge is -2.10. The van der Waals surface area contributed by atoms with E-state index in [1.165, 1.54) is 5.56 Å². The van der Waals surface area contributed by atoms with Crippen LogP contribution in [-0.4, -0.2) is 30.3 Å². The Labute approximate surface area is 110 Å². The fourth-order valence-electron chi connectivity index (χ4n) is 1.39. The normalized spacial score (nSPS) is 11.2. The number of aromatic nitrogens is 1. The first kappa shape index (κ1) is 14.9. The number of rotatable bonds is 8. The number of nitrogens with one attached hydrogen (secondary N) is 1. The lowest BCUT2D eigenvalue weighted by Crippen LogP contribution is -2.21. The maximum absolute atomic E-state index is 5.54. The number of nitrogens with zero attached hydrogens (tertiary/aromatic N) is 1. The van der Waals surface area contributed by atoms with Gasteiger partial charge in [-0.2, -0.15) is 0 Å². The Morgan fingerprint density at radius 3 is 2.67 bits per heavy atom. The Hall–Kier alpha value is -1.13. The van der Waals surface area contributed by atoms with Crippen molar-refractivity contribution in [2.75, 3.05) is 13.2 Å². The van der Waals surface area contributed by atoms with Crippen molar-refractivity contribution in [2.45, 2.75) is 46.4 Å². The van der Waals surface area contributed by atoms with Gasteiger partial charge in [-0.05, 0) is 25.5 Å². The summed E-state index contributed by atoms with van der Waals surface area (Å²) in [6.07, 6.45) is 2.01. The third kappa shape index (κ3) is 6.57. The van der Waals surface area contributed by atoms with Crippen molar-refractivity contribution in [3.8, 4) is 5.88 Å². The van der Waals surface area contributed by atoms with Crippen molar-refractivity contribution in [2.24, 2.45) is 0 Å². The highest BCUT2D eigenvalue weighted by molar-refractivity contribution is 5.20. The number of pyridine rings is 1. The van der Waals surface area contributed by atoms with E-state index < -0.39 is 0 Å². The monoisotopic (exact) mass is 252 g/mol. The molecule has 1 N–H and O–H groups in total. The summed E-state index contributed by atoms with van der Waals surface area (Å²) in [5.41, 5.74) is 1.18.